The number of nitrogens with one attached hydrogen (secondary N) is 1. The molecule has 1 saturated carbocycles. The van der Waals surface area contributed by atoms with Crippen molar-refractivity contribution >= 4 is 27.3 Å². The van der Waals surface area contributed by atoms with Gasteiger partial charge in [-0.25, -0.2) is 0 Å². The summed E-state index contributed by atoms with van der Waals surface area (Å²) in [7, 11) is 0. The fraction of sp³-hybridized carbons (Fsp3) is 0.692. The van der Waals surface area contributed by atoms with Gasteiger partial charge in [-0.3, -0.25) is 4.90 Å². The molecule has 2 nitrogen and oxygen atoms in total. The SMILES string of the molecule is Brc1ccc([C@@H](CC2CC2)N2CCNCC2)s1. The van der Waals surface area contributed by atoms with Gasteiger partial charge in [-0.05, 0) is 40.4 Å². The van der Waals surface area contributed by atoms with Gasteiger partial charge in [0.15, 0.2) is 0 Å². The lowest BCUT2D eigenvalue weighted by Gasteiger charge is -2.34. The molecule has 1 aliphatic carbocycles. The van der Waals surface area contributed by atoms with Gasteiger partial charge in [0.05, 0.1) is 3.79 Å². The van der Waals surface area contributed by atoms with E-state index < -0.39 is 0 Å². The van der Waals surface area contributed by atoms with E-state index in [1.165, 1.54) is 36.1 Å². The highest BCUT2D eigenvalue weighted by atomic mass is 79.9. The molecule has 2 heterocycles. The maximum atomic E-state index is 3.59. The molecule has 0 unspecified atom stereocenters. The molecule has 1 aromatic rings. The van der Waals surface area contributed by atoms with Crippen molar-refractivity contribution in [3.63, 3.8) is 0 Å². The van der Waals surface area contributed by atoms with Crippen LogP contribution in [0.25, 0.3) is 0 Å². The van der Waals surface area contributed by atoms with Crippen molar-refractivity contribution in [3.05, 3.63) is 20.8 Å². The molecule has 94 valence electrons. The molecule has 0 bridgehead atoms. The van der Waals surface area contributed by atoms with Crippen LogP contribution in [0.2, 0.25) is 0 Å². The third-order valence-corrected chi connectivity index (χ3v) is 5.49. The molecule has 4 heteroatoms. The standard InChI is InChI=1S/C13H19BrN2S/c14-13-4-3-12(17-13)11(9-10-1-2-10)16-7-5-15-6-8-16/h3-4,10-11,15H,1-2,5-9H2/t11-/m1/s1. The predicted octanol–water partition coefficient (Wildman–Crippen LogP) is 3.26. The molecule has 1 saturated heterocycles. The number of hydrogen-bond acceptors (Lipinski definition) is 3. The van der Waals surface area contributed by atoms with Gasteiger partial charge in [0, 0.05) is 37.1 Å². The lowest BCUT2D eigenvalue weighted by molar-refractivity contribution is 0.163. The maximum Gasteiger partial charge on any atom is 0.0701 e. The molecule has 0 spiro atoms. The summed E-state index contributed by atoms with van der Waals surface area (Å²) in [6.07, 6.45) is 4.28. The Hall–Kier alpha value is 0.1000. The van der Waals surface area contributed by atoms with Gasteiger partial charge in [-0.1, -0.05) is 12.8 Å². The second-order valence-corrected chi connectivity index (χ2v) is 7.62. The van der Waals surface area contributed by atoms with Crippen LogP contribution in [0.15, 0.2) is 15.9 Å². The van der Waals surface area contributed by atoms with Crippen molar-refractivity contribution in [1.82, 2.24) is 10.2 Å². The Morgan fingerprint density at radius 3 is 2.71 bits per heavy atom. The average Bonchev–Trinajstić information content (AvgIpc) is 3.08. The Morgan fingerprint density at radius 1 is 1.35 bits per heavy atom. The van der Waals surface area contributed by atoms with Crippen LogP contribution < -0.4 is 5.32 Å². The summed E-state index contributed by atoms with van der Waals surface area (Å²) < 4.78 is 1.27. The molecule has 2 fully saturated rings. The van der Waals surface area contributed by atoms with Gasteiger partial charge in [0.2, 0.25) is 0 Å². The lowest BCUT2D eigenvalue weighted by atomic mass is 10.1. The van der Waals surface area contributed by atoms with Gasteiger partial charge < -0.3 is 5.32 Å². The normalized spacial score (nSPS) is 23.8. The summed E-state index contributed by atoms with van der Waals surface area (Å²) in [4.78, 5) is 4.22. The third-order valence-electron chi connectivity index (χ3n) is 3.77. The molecule has 2 aliphatic rings. The number of halogens is 1. The Labute approximate surface area is 116 Å². The number of nitrogens with zero attached hydrogens (tertiary/aromatic N) is 1. The maximum absolute atomic E-state index is 3.59. The molecular weight excluding hydrogens is 296 g/mol. The monoisotopic (exact) mass is 314 g/mol. The van der Waals surface area contributed by atoms with Crippen LogP contribution in [0.4, 0.5) is 0 Å². The number of hydrogen-bond donors (Lipinski definition) is 1. The van der Waals surface area contributed by atoms with Crippen LogP contribution >= 0.6 is 27.3 Å². The zero-order valence-electron chi connectivity index (χ0n) is 9.99. The fourth-order valence-corrected chi connectivity index (χ4v) is 4.19. The first-order valence-corrected chi connectivity index (χ1v) is 8.14. The summed E-state index contributed by atoms with van der Waals surface area (Å²) in [5.41, 5.74) is 0. The second-order valence-electron chi connectivity index (χ2n) is 5.12. The Morgan fingerprint density at radius 2 is 2.12 bits per heavy atom. The molecule has 1 atom stereocenters. The minimum atomic E-state index is 0.668. The number of thiophene rings is 1. The average molecular weight is 315 g/mol. The highest BCUT2D eigenvalue weighted by molar-refractivity contribution is 9.11. The second kappa shape index (κ2) is 5.39. The predicted molar refractivity (Wildman–Crippen MR) is 76.5 cm³/mol. The van der Waals surface area contributed by atoms with Crippen LogP contribution in [-0.4, -0.2) is 31.1 Å². The van der Waals surface area contributed by atoms with Crippen molar-refractivity contribution in [2.24, 2.45) is 5.92 Å². The van der Waals surface area contributed by atoms with Crippen LogP contribution in [-0.2, 0) is 0 Å². The van der Waals surface area contributed by atoms with Crippen LogP contribution in [0, 0.1) is 5.92 Å². The zero-order chi connectivity index (χ0) is 11.7. The zero-order valence-corrected chi connectivity index (χ0v) is 12.4. The van der Waals surface area contributed by atoms with Gasteiger partial charge in [-0.15, -0.1) is 11.3 Å². The number of piperazine rings is 1. The van der Waals surface area contributed by atoms with E-state index in [0.29, 0.717) is 6.04 Å². The summed E-state index contributed by atoms with van der Waals surface area (Å²) in [6.45, 7) is 4.70. The quantitative estimate of drug-likeness (QED) is 0.917. The summed E-state index contributed by atoms with van der Waals surface area (Å²) >= 11 is 5.51. The van der Waals surface area contributed by atoms with Crippen molar-refractivity contribution in [2.75, 3.05) is 26.2 Å². The minimum Gasteiger partial charge on any atom is -0.314 e. The van der Waals surface area contributed by atoms with E-state index in [0.717, 1.165) is 19.0 Å². The topological polar surface area (TPSA) is 15.3 Å². The molecule has 0 amide bonds. The van der Waals surface area contributed by atoms with E-state index >= 15 is 0 Å². The molecule has 0 radical (unpaired) electrons. The van der Waals surface area contributed by atoms with Crippen LogP contribution in [0.3, 0.4) is 0 Å². The Bertz CT molecular complexity index is 369. The lowest BCUT2D eigenvalue weighted by Crippen LogP contribution is -2.45. The number of rotatable bonds is 4. The van der Waals surface area contributed by atoms with Crippen LogP contribution in [0.1, 0.15) is 30.2 Å². The highest BCUT2D eigenvalue weighted by Crippen LogP contribution is 2.42. The fourth-order valence-electron chi connectivity index (χ4n) is 2.62. The highest BCUT2D eigenvalue weighted by Gasteiger charge is 2.31. The molecule has 1 aliphatic heterocycles. The van der Waals surface area contributed by atoms with E-state index in [4.69, 9.17) is 0 Å². The van der Waals surface area contributed by atoms with E-state index in [1.807, 2.05) is 11.3 Å². The van der Waals surface area contributed by atoms with Gasteiger partial charge in [0.1, 0.15) is 0 Å². The Balaban J connectivity index is 1.74. The molecule has 17 heavy (non-hydrogen) atoms. The summed E-state index contributed by atoms with van der Waals surface area (Å²) in [5, 5.41) is 3.45. The van der Waals surface area contributed by atoms with Crippen molar-refractivity contribution in [2.45, 2.75) is 25.3 Å². The Kier molecular flexibility index (Phi) is 3.85. The summed E-state index contributed by atoms with van der Waals surface area (Å²) in [5.74, 6) is 0.996. The van der Waals surface area contributed by atoms with Crippen molar-refractivity contribution < 1.29 is 0 Å². The largest absolute Gasteiger partial charge is 0.314 e. The minimum absolute atomic E-state index is 0.668. The smallest absolute Gasteiger partial charge is 0.0701 e. The van der Waals surface area contributed by atoms with Gasteiger partial charge >= 0.3 is 0 Å². The summed E-state index contributed by atoms with van der Waals surface area (Å²) in [6, 6.07) is 5.17. The first kappa shape index (κ1) is 12.2. The molecule has 3 rings (SSSR count). The van der Waals surface area contributed by atoms with E-state index in [-0.39, 0.29) is 0 Å². The first-order valence-electron chi connectivity index (χ1n) is 6.53. The van der Waals surface area contributed by atoms with E-state index in [1.54, 1.807) is 4.88 Å². The molecule has 0 aromatic carbocycles. The molecule has 1 aromatic heterocycles. The van der Waals surface area contributed by atoms with Gasteiger partial charge in [0.25, 0.3) is 0 Å². The third kappa shape index (κ3) is 3.11. The van der Waals surface area contributed by atoms with Crippen molar-refractivity contribution in [3.8, 4) is 0 Å². The first-order chi connectivity index (χ1) is 8.33. The molecular formula is C13H19BrN2S. The van der Waals surface area contributed by atoms with Gasteiger partial charge in [-0.2, -0.15) is 0 Å². The van der Waals surface area contributed by atoms with E-state index in [2.05, 4.69) is 38.3 Å². The van der Waals surface area contributed by atoms with Crippen LogP contribution in [0.5, 0.6) is 0 Å². The van der Waals surface area contributed by atoms with Crippen molar-refractivity contribution in [1.29, 1.82) is 0 Å². The van der Waals surface area contributed by atoms with E-state index in [9.17, 15) is 0 Å². The molecule has 1 N–H and O–H groups in total.